The summed E-state index contributed by atoms with van der Waals surface area (Å²) >= 11 is 4.57. The predicted octanol–water partition coefficient (Wildman–Crippen LogP) is 2.51. The number of hydrogen-bond acceptors (Lipinski definition) is 5. The summed E-state index contributed by atoms with van der Waals surface area (Å²) in [5, 5.41) is 3.83. The van der Waals surface area contributed by atoms with Crippen molar-refractivity contribution in [3.8, 4) is 0 Å². The van der Waals surface area contributed by atoms with Gasteiger partial charge in [0, 0.05) is 12.0 Å². The molecular formula is C13H14BrN3O3S. The first-order valence-electron chi connectivity index (χ1n) is 6.23. The maximum Gasteiger partial charge on any atom is 0.279 e. The van der Waals surface area contributed by atoms with Crippen LogP contribution in [0.1, 0.15) is 33.1 Å². The van der Waals surface area contributed by atoms with E-state index in [-0.39, 0.29) is 18.2 Å². The van der Waals surface area contributed by atoms with Crippen molar-refractivity contribution < 1.29 is 14.1 Å². The summed E-state index contributed by atoms with van der Waals surface area (Å²) in [6, 6.07) is 3.46. The molecule has 0 saturated heterocycles. The summed E-state index contributed by atoms with van der Waals surface area (Å²) in [6.45, 7) is 3.64. The Morgan fingerprint density at radius 3 is 2.67 bits per heavy atom. The highest BCUT2D eigenvalue weighted by Gasteiger charge is 2.12. The van der Waals surface area contributed by atoms with Crippen molar-refractivity contribution in [3.05, 3.63) is 37.8 Å². The molecule has 2 rings (SSSR count). The number of hydrazine groups is 1. The van der Waals surface area contributed by atoms with Crippen molar-refractivity contribution >= 4 is 39.1 Å². The number of aromatic nitrogens is 1. The van der Waals surface area contributed by atoms with Crippen LogP contribution in [0.25, 0.3) is 0 Å². The highest BCUT2D eigenvalue weighted by Crippen LogP contribution is 2.21. The minimum atomic E-state index is -0.337. The standard InChI is InChI=1S/C13H14BrN3O3S/c1-7-9(8(2)20-17-7)3-6-12(18)15-16-13(19)10-4-5-11(14)21-10/h4-5H,3,6H2,1-2H3,(H,15,18)(H,16,19). The molecule has 0 aromatic carbocycles. The fourth-order valence-electron chi connectivity index (χ4n) is 1.78. The van der Waals surface area contributed by atoms with Gasteiger partial charge in [-0.2, -0.15) is 0 Å². The van der Waals surface area contributed by atoms with Crippen LogP contribution in [-0.2, 0) is 11.2 Å². The molecule has 2 aromatic rings. The molecule has 2 aromatic heterocycles. The number of halogens is 1. The molecule has 0 aliphatic carbocycles. The van der Waals surface area contributed by atoms with Crippen LogP contribution in [0.4, 0.5) is 0 Å². The van der Waals surface area contributed by atoms with Crippen LogP contribution in [0.15, 0.2) is 20.4 Å². The molecule has 0 saturated carbocycles. The molecule has 8 heteroatoms. The second-order valence-corrected chi connectivity index (χ2v) is 6.87. The first-order chi connectivity index (χ1) is 9.97. The Balaban J connectivity index is 1.79. The van der Waals surface area contributed by atoms with Crippen LogP contribution in [0.5, 0.6) is 0 Å². The van der Waals surface area contributed by atoms with Crippen molar-refractivity contribution in [1.82, 2.24) is 16.0 Å². The zero-order valence-corrected chi connectivity index (χ0v) is 13.9. The predicted molar refractivity (Wildman–Crippen MR) is 81.9 cm³/mol. The Morgan fingerprint density at radius 2 is 2.10 bits per heavy atom. The van der Waals surface area contributed by atoms with Gasteiger partial charge in [-0.05, 0) is 48.3 Å². The lowest BCUT2D eigenvalue weighted by Crippen LogP contribution is -2.41. The second kappa shape index (κ2) is 6.86. The van der Waals surface area contributed by atoms with Crippen LogP contribution >= 0.6 is 27.3 Å². The molecule has 0 aliphatic rings. The average Bonchev–Trinajstić information content (AvgIpc) is 3.01. The Labute approximate surface area is 134 Å². The molecule has 0 radical (unpaired) electrons. The molecule has 0 bridgehead atoms. The highest BCUT2D eigenvalue weighted by atomic mass is 79.9. The third-order valence-electron chi connectivity index (χ3n) is 2.90. The van der Waals surface area contributed by atoms with Crippen molar-refractivity contribution in [3.63, 3.8) is 0 Å². The number of rotatable bonds is 4. The van der Waals surface area contributed by atoms with E-state index in [0.29, 0.717) is 17.1 Å². The molecule has 0 atom stereocenters. The van der Waals surface area contributed by atoms with Gasteiger partial charge in [0.1, 0.15) is 5.76 Å². The third-order valence-corrected chi connectivity index (χ3v) is 4.52. The van der Waals surface area contributed by atoms with Gasteiger partial charge in [0.05, 0.1) is 14.4 Å². The number of thiophene rings is 1. The van der Waals surface area contributed by atoms with Crippen molar-refractivity contribution in [2.24, 2.45) is 0 Å². The van der Waals surface area contributed by atoms with E-state index in [1.54, 1.807) is 12.1 Å². The first kappa shape index (κ1) is 15.7. The molecule has 2 heterocycles. The van der Waals surface area contributed by atoms with Gasteiger partial charge in [-0.15, -0.1) is 11.3 Å². The number of hydrogen-bond donors (Lipinski definition) is 2. The fraction of sp³-hybridized carbons (Fsp3) is 0.308. The van der Waals surface area contributed by atoms with Crippen LogP contribution in [-0.4, -0.2) is 17.0 Å². The molecule has 0 spiro atoms. The molecule has 2 N–H and O–H groups in total. The summed E-state index contributed by atoms with van der Waals surface area (Å²) in [5.74, 6) is 0.114. The highest BCUT2D eigenvalue weighted by molar-refractivity contribution is 9.11. The minimum absolute atomic E-state index is 0.247. The lowest BCUT2D eigenvalue weighted by molar-refractivity contribution is -0.121. The molecular weight excluding hydrogens is 358 g/mol. The van der Waals surface area contributed by atoms with Gasteiger partial charge in [-0.1, -0.05) is 5.16 Å². The third kappa shape index (κ3) is 4.15. The van der Waals surface area contributed by atoms with Crippen molar-refractivity contribution in [2.75, 3.05) is 0 Å². The van der Waals surface area contributed by atoms with Gasteiger partial charge < -0.3 is 4.52 Å². The van der Waals surface area contributed by atoms with E-state index in [1.807, 2.05) is 13.8 Å². The van der Waals surface area contributed by atoms with Gasteiger partial charge in [-0.3, -0.25) is 20.4 Å². The summed E-state index contributed by atoms with van der Waals surface area (Å²) in [4.78, 5) is 24.0. The van der Waals surface area contributed by atoms with Crippen LogP contribution in [0, 0.1) is 13.8 Å². The van der Waals surface area contributed by atoms with E-state index >= 15 is 0 Å². The van der Waals surface area contributed by atoms with Gasteiger partial charge in [0.25, 0.3) is 5.91 Å². The van der Waals surface area contributed by atoms with Gasteiger partial charge in [0.15, 0.2) is 0 Å². The number of nitrogens with zero attached hydrogens (tertiary/aromatic N) is 1. The summed E-state index contributed by atoms with van der Waals surface area (Å²) < 4.78 is 5.89. The molecule has 6 nitrogen and oxygen atoms in total. The van der Waals surface area contributed by atoms with Crippen molar-refractivity contribution in [1.29, 1.82) is 0 Å². The Bertz CT molecular complexity index is 646. The largest absolute Gasteiger partial charge is 0.361 e. The van der Waals surface area contributed by atoms with E-state index in [1.165, 1.54) is 11.3 Å². The maximum atomic E-state index is 11.7. The SMILES string of the molecule is Cc1noc(C)c1CCC(=O)NNC(=O)c1ccc(Br)s1. The van der Waals surface area contributed by atoms with Gasteiger partial charge in [0.2, 0.25) is 5.91 Å². The topological polar surface area (TPSA) is 84.2 Å². The normalized spacial score (nSPS) is 10.4. The second-order valence-electron chi connectivity index (χ2n) is 4.41. The number of carbonyl (C=O) groups excluding carboxylic acids is 2. The number of nitrogens with one attached hydrogen (secondary N) is 2. The average molecular weight is 372 g/mol. The maximum absolute atomic E-state index is 11.7. The van der Waals surface area contributed by atoms with Crippen molar-refractivity contribution in [2.45, 2.75) is 26.7 Å². The van der Waals surface area contributed by atoms with Gasteiger partial charge in [-0.25, -0.2) is 0 Å². The van der Waals surface area contributed by atoms with E-state index < -0.39 is 0 Å². The van der Waals surface area contributed by atoms with Crippen LogP contribution < -0.4 is 10.9 Å². The number of amides is 2. The molecule has 2 amide bonds. The Kier molecular flexibility index (Phi) is 5.13. The zero-order chi connectivity index (χ0) is 15.4. The summed E-state index contributed by atoms with van der Waals surface area (Å²) in [6.07, 6.45) is 0.769. The van der Waals surface area contributed by atoms with E-state index in [9.17, 15) is 9.59 Å². The van der Waals surface area contributed by atoms with Gasteiger partial charge >= 0.3 is 0 Å². The van der Waals surface area contributed by atoms with Crippen LogP contribution in [0.2, 0.25) is 0 Å². The molecule has 112 valence electrons. The quantitative estimate of drug-likeness (QED) is 0.808. The van der Waals surface area contributed by atoms with E-state index in [2.05, 4.69) is 31.9 Å². The zero-order valence-electron chi connectivity index (χ0n) is 11.5. The molecule has 21 heavy (non-hydrogen) atoms. The lowest BCUT2D eigenvalue weighted by Gasteiger charge is -2.06. The minimum Gasteiger partial charge on any atom is -0.361 e. The summed E-state index contributed by atoms with van der Waals surface area (Å²) in [7, 11) is 0. The Hall–Kier alpha value is -1.67. The number of aryl methyl sites for hydroxylation is 2. The first-order valence-corrected chi connectivity index (χ1v) is 7.84. The number of carbonyl (C=O) groups is 2. The molecule has 0 aliphatic heterocycles. The fourth-order valence-corrected chi connectivity index (χ4v) is 3.07. The Morgan fingerprint density at radius 1 is 1.33 bits per heavy atom. The molecule has 0 fully saturated rings. The van der Waals surface area contributed by atoms with Crippen LogP contribution in [0.3, 0.4) is 0 Å². The summed E-state index contributed by atoms with van der Waals surface area (Å²) in [5.41, 5.74) is 6.49. The molecule has 0 unspecified atom stereocenters. The monoisotopic (exact) mass is 371 g/mol. The smallest absolute Gasteiger partial charge is 0.279 e. The lowest BCUT2D eigenvalue weighted by atomic mass is 10.1. The van der Waals surface area contributed by atoms with E-state index in [0.717, 1.165) is 15.0 Å². The van der Waals surface area contributed by atoms with E-state index in [4.69, 9.17) is 4.52 Å².